The van der Waals surface area contributed by atoms with Gasteiger partial charge in [-0.2, -0.15) is 0 Å². The second-order valence-electron chi connectivity index (χ2n) is 9.42. The first-order chi connectivity index (χ1) is 17.5. The Labute approximate surface area is 216 Å². The molecule has 1 saturated heterocycles. The van der Waals surface area contributed by atoms with Gasteiger partial charge in [-0.25, -0.2) is 14.2 Å². The minimum absolute atomic E-state index is 0.162. The summed E-state index contributed by atoms with van der Waals surface area (Å²) in [6.45, 7) is 5.91. The molecule has 0 radical (unpaired) electrons. The minimum Gasteiger partial charge on any atom is -0.481 e. The summed E-state index contributed by atoms with van der Waals surface area (Å²) in [5.74, 6) is -2.00. The third-order valence-electron chi connectivity index (χ3n) is 5.29. The molecule has 196 valence electrons. The Hall–Kier alpha value is -3.84. The van der Waals surface area contributed by atoms with Crippen LogP contribution in [0.4, 0.5) is 9.18 Å². The van der Waals surface area contributed by atoms with Gasteiger partial charge in [0.15, 0.2) is 11.6 Å². The van der Waals surface area contributed by atoms with Crippen LogP contribution in [0.5, 0.6) is 11.6 Å². The molecule has 1 aliphatic rings. The third-order valence-corrected chi connectivity index (χ3v) is 5.50. The number of rotatable bonds is 7. The van der Waals surface area contributed by atoms with Gasteiger partial charge >= 0.3 is 12.1 Å². The van der Waals surface area contributed by atoms with Gasteiger partial charge in [-0.3, -0.25) is 9.69 Å². The maximum Gasteiger partial charge on any atom is 0.407 e. The van der Waals surface area contributed by atoms with Crippen molar-refractivity contribution >= 4 is 23.7 Å². The van der Waals surface area contributed by atoms with E-state index in [0.717, 1.165) is 6.07 Å². The summed E-state index contributed by atoms with van der Waals surface area (Å²) in [4.78, 5) is 30.8. The number of hydrogen-bond donors (Lipinski definition) is 2. The molecule has 1 aromatic carbocycles. The molecule has 1 aliphatic heterocycles. The summed E-state index contributed by atoms with van der Waals surface area (Å²) in [6, 6.07) is 6.98. The van der Waals surface area contributed by atoms with Crippen molar-refractivity contribution in [2.45, 2.75) is 39.0 Å². The topological polar surface area (TPSA) is 145 Å². The van der Waals surface area contributed by atoms with Crippen molar-refractivity contribution in [1.82, 2.24) is 35.4 Å². The standard InChI is InChI=1S/C23H25ClFN7O5/c1-23(2,3)37-22(35)27-18-11-31(10-16(18)21(33)34)12-19-28-30-32(29-19)14-4-6-15(7-5-14)36-20-17(25)8-13(24)9-26-20/h4-9,16,18H,10-12H2,1-3H3,(H,27,35)(H,33,34)/t16-,18+/m1/s1. The van der Waals surface area contributed by atoms with E-state index < -0.39 is 35.4 Å². The number of carboxylic acid groups (broad SMARTS) is 1. The molecule has 3 heterocycles. The molecule has 37 heavy (non-hydrogen) atoms. The SMILES string of the molecule is CC(C)(C)OC(=O)N[C@H]1CN(Cc2nnn(-c3ccc(Oc4ncc(Cl)cc4F)cc3)n2)C[C@H]1C(=O)O. The molecule has 0 unspecified atom stereocenters. The highest BCUT2D eigenvalue weighted by molar-refractivity contribution is 6.30. The molecule has 12 nitrogen and oxygen atoms in total. The average molecular weight is 534 g/mol. The van der Waals surface area contributed by atoms with Gasteiger partial charge in [0, 0.05) is 19.3 Å². The van der Waals surface area contributed by atoms with Crippen LogP contribution in [0.1, 0.15) is 26.6 Å². The second kappa shape index (κ2) is 10.6. The number of carboxylic acids is 1. The maximum atomic E-state index is 13.9. The summed E-state index contributed by atoms with van der Waals surface area (Å²) in [6.07, 6.45) is 0.612. The number of nitrogens with one attached hydrogen (secondary N) is 1. The molecule has 0 saturated carbocycles. The lowest BCUT2D eigenvalue weighted by Crippen LogP contribution is -2.45. The maximum absolute atomic E-state index is 13.9. The normalized spacial score (nSPS) is 18.0. The van der Waals surface area contributed by atoms with Gasteiger partial charge in [-0.1, -0.05) is 11.6 Å². The van der Waals surface area contributed by atoms with E-state index in [9.17, 15) is 19.1 Å². The Morgan fingerprint density at radius 1 is 1.24 bits per heavy atom. The zero-order valence-corrected chi connectivity index (χ0v) is 21.0. The van der Waals surface area contributed by atoms with Crippen molar-refractivity contribution in [1.29, 1.82) is 0 Å². The van der Waals surface area contributed by atoms with Gasteiger partial charge in [0.25, 0.3) is 5.88 Å². The molecule has 0 spiro atoms. The monoisotopic (exact) mass is 533 g/mol. The van der Waals surface area contributed by atoms with E-state index >= 15 is 0 Å². The van der Waals surface area contributed by atoms with Gasteiger partial charge in [-0.15, -0.1) is 15.0 Å². The van der Waals surface area contributed by atoms with E-state index in [2.05, 4.69) is 25.7 Å². The van der Waals surface area contributed by atoms with Gasteiger partial charge in [0.2, 0.25) is 0 Å². The zero-order chi connectivity index (χ0) is 26.7. The number of nitrogens with zero attached hydrogens (tertiary/aromatic N) is 6. The predicted molar refractivity (Wildman–Crippen MR) is 128 cm³/mol. The molecule has 2 atom stereocenters. The second-order valence-corrected chi connectivity index (χ2v) is 9.86. The number of ether oxygens (including phenoxy) is 2. The van der Waals surface area contributed by atoms with Crippen LogP contribution in [0.25, 0.3) is 5.69 Å². The minimum atomic E-state index is -1.02. The van der Waals surface area contributed by atoms with E-state index in [4.69, 9.17) is 21.1 Å². The fourth-order valence-electron chi connectivity index (χ4n) is 3.72. The van der Waals surface area contributed by atoms with E-state index in [1.165, 1.54) is 11.0 Å². The number of likely N-dealkylation sites (tertiary alicyclic amines) is 1. The highest BCUT2D eigenvalue weighted by Gasteiger charge is 2.39. The molecular formula is C23H25ClFN7O5. The van der Waals surface area contributed by atoms with E-state index in [1.54, 1.807) is 45.0 Å². The Balaban J connectivity index is 1.37. The molecule has 1 amide bonds. The first kappa shape index (κ1) is 26.2. The van der Waals surface area contributed by atoms with E-state index in [1.807, 2.05) is 4.90 Å². The fraction of sp³-hybridized carbons (Fsp3) is 0.391. The number of aliphatic carboxylic acids is 1. The van der Waals surface area contributed by atoms with Crippen LogP contribution in [-0.2, 0) is 16.1 Å². The number of pyridine rings is 1. The van der Waals surface area contributed by atoms with Crippen LogP contribution in [0, 0.1) is 11.7 Å². The fourth-order valence-corrected chi connectivity index (χ4v) is 3.87. The highest BCUT2D eigenvalue weighted by atomic mass is 35.5. The first-order valence-electron chi connectivity index (χ1n) is 11.3. The Bertz CT molecular complexity index is 1280. The largest absolute Gasteiger partial charge is 0.481 e. The lowest BCUT2D eigenvalue weighted by atomic mass is 10.0. The number of halogens is 2. The van der Waals surface area contributed by atoms with Crippen LogP contribution in [0.2, 0.25) is 5.02 Å². The third kappa shape index (κ3) is 6.89. The van der Waals surface area contributed by atoms with Crippen molar-refractivity contribution in [3.8, 4) is 17.3 Å². The molecular weight excluding hydrogens is 509 g/mol. The number of tetrazole rings is 1. The smallest absolute Gasteiger partial charge is 0.407 e. The number of carbonyl (C=O) groups is 2. The number of benzene rings is 1. The van der Waals surface area contributed by atoms with Crippen LogP contribution >= 0.6 is 11.6 Å². The quantitative estimate of drug-likeness (QED) is 0.464. The summed E-state index contributed by atoms with van der Waals surface area (Å²) in [5.41, 5.74) is -0.124. The van der Waals surface area contributed by atoms with Crippen molar-refractivity contribution in [2.75, 3.05) is 13.1 Å². The van der Waals surface area contributed by atoms with Crippen LogP contribution in [0.15, 0.2) is 36.5 Å². The van der Waals surface area contributed by atoms with Gasteiger partial charge < -0.3 is 19.9 Å². The van der Waals surface area contributed by atoms with Gasteiger partial charge in [0.05, 0.1) is 29.2 Å². The van der Waals surface area contributed by atoms with Crippen molar-refractivity contribution in [2.24, 2.45) is 5.92 Å². The van der Waals surface area contributed by atoms with Gasteiger partial charge in [0.1, 0.15) is 11.4 Å². The van der Waals surface area contributed by atoms with Crippen LogP contribution in [-0.4, -0.2) is 72.0 Å². The molecule has 0 bridgehead atoms. The highest BCUT2D eigenvalue weighted by Crippen LogP contribution is 2.25. The molecule has 2 aromatic heterocycles. The molecule has 0 aliphatic carbocycles. The number of hydrogen-bond acceptors (Lipinski definition) is 9. The molecule has 1 fully saturated rings. The number of amides is 1. The van der Waals surface area contributed by atoms with Crippen molar-refractivity contribution < 1.29 is 28.6 Å². The predicted octanol–water partition coefficient (Wildman–Crippen LogP) is 3.05. The lowest BCUT2D eigenvalue weighted by molar-refractivity contribution is -0.141. The summed E-state index contributed by atoms with van der Waals surface area (Å²) in [5, 5.41) is 24.9. The number of alkyl carbamates (subject to hydrolysis) is 1. The van der Waals surface area contributed by atoms with E-state index in [0.29, 0.717) is 17.3 Å². The van der Waals surface area contributed by atoms with E-state index in [-0.39, 0.29) is 30.5 Å². The first-order valence-corrected chi connectivity index (χ1v) is 11.7. The summed E-state index contributed by atoms with van der Waals surface area (Å²) < 4.78 is 24.6. The molecule has 2 N–H and O–H groups in total. The Kier molecular flexibility index (Phi) is 7.55. The zero-order valence-electron chi connectivity index (χ0n) is 20.3. The molecule has 14 heteroatoms. The molecule has 4 rings (SSSR count). The molecule has 3 aromatic rings. The lowest BCUT2D eigenvalue weighted by Gasteiger charge is -2.23. The van der Waals surface area contributed by atoms with Crippen molar-refractivity contribution in [3.05, 3.63) is 53.2 Å². The number of aromatic nitrogens is 5. The summed E-state index contributed by atoms with van der Waals surface area (Å²) in [7, 11) is 0. The van der Waals surface area contributed by atoms with Crippen molar-refractivity contribution in [3.63, 3.8) is 0 Å². The Morgan fingerprint density at radius 2 is 1.97 bits per heavy atom. The van der Waals surface area contributed by atoms with Crippen LogP contribution in [0.3, 0.4) is 0 Å². The summed E-state index contributed by atoms with van der Waals surface area (Å²) >= 11 is 5.70. The number of carbonyl (C=O) groups excluding carboxylic acids is 1. The van der Waals surface area contributed by atoms with Gasteiger partial charge in [-0.05, 0) is 56.3 Å². The average Bonchev–Trinajstić information content (AvgIpc) is 3.42. The van der Waals surface area contributed by atoms with Crippen LogP contribution < -0.4 is 10.1 Å². The Morgan fingerprint density at radius 3 is 2.62 bits per heavy atom.